The third-order valence-electron chi connectivity index (χ3n) is 1.89. The normalized spacial score (nSPS) is 8.64. The van der Waals surface area contributed by atoms with Crippen LogP contribution in [-0.2, 0) is 27.3 Å². The van der Waals surface area contributed by atoms with E-state index in [1.165, 1.54) is 10.8 Å². The van der Waals surface area contributed by atoms with E-state index in [1.807, 2.05) is 36.4 Å². The number of ether oxygens (including phenoxy) is 1. The maximum Gasteiger partial charge on any atom is 0.116 e. The molecule has 0 aliphatic heterocycles. The number of benzene rings is 2. The van der Waals surface area contributed by atoms with Crippen LogP contribution in [0, 0.1) is 6.07 Å². The number of rotatable bonds is 1. The first kappa shape index (κ1) is 13.9. The summed E-state index contributed by atoms with van der Waals surface area (Å²) in [6.07, 6.45) is 0. The summed E-state index contributed by atoms with van der Waals surface area (Å²) in [6.45, 7) is 0. The fourth-order valence-corrected chi connectivity index (χ4v) is 1.23. The zero-order valence-electron chi connectivity index (χ0n) is 7.99. The van der Waals surface area contributed by atoms with Gasteiger partial charge in [0.2, 0.25) is 0 Å². The van der Waals surface area contributed by atoms with Crippen LogP contribution in [0.25, 0.3) is 10.8 Å². The van der Waals surface area contributed by atoms with E-state index in [1.54, 1.807) is 7.11 Å². The van der Waals surface area contributed by atoms with Crippen LogP contribution in [-0.4, -0.2) is 7.11 Å². The van der Waals surface area contributed by atoms with Crippen molar-refractivity contribution in [2.45, 2.75) is 0 Å². The van der Waals surface area contributed by atoms with Crippen molar-refractivity contribution in [2.24, 2.45) is 0 Å². The van der Waals surface area contributed by atoms with Crippen molar-refractivity contribution in [3.8, 4) is 5.75 Å². The molecule has 0 N–H and O–H groups in total. The van der Waals surface area contributed by atoms with Crippen molar-refractivity contribution in [1.29, 1.82) is 0 Å². The third-order valence-corrected chi connectivity index (χ3v) is 1.89. The zero-order valence-corrected chi connectivity index (χ0v) is 13.7. The minimum Gasteiger partial charge on any atom is -0.497 e. The van der Waals surface area contributed by atoms with Gasteiger partial charge in [0, 0.05) is 27.3 Å². The Morgan fingerprint density at radius 2 is 1.93 bits per heavy atom. The molecule has 0 aliphatic rings. The van der Waals surface area contributed by atoms with Gasteiger partial charge in [0.05, 0.1) is 7.11 Å². The van der Waals surface area contributed by atoms with Gasteiger partial charge in [-0.3, -0.25) is 0 Å². The van der Waals surface area contributed by atoms with Gasteiger partial charge in [-0.2, -0.15) is 24.3 Å². The number of hydrogen-bond donors (Lipinski definition) is 0. The molecule has 70 valence electrons. The Balaban J connectivity index is 0.000000845. The van der Waals surface area contributed by atoms with Gasteiger partial charge < -0.3 is 4.74 Å². The second-order valence-electron chi connectivity index (χ2n) is 2.64. The molecule has 2 rings (SSSR count). The zero-order chi connectivity index (χ0) is 8.39. The Morgan fingerprint density at radius 1 is 1.14 bits per heavy atom. The summed E-state index contributed by atoms with van der Waals surface area (Å²) in [4.78, 5) is 0. The molecule has 0 saturated carbocycles. The summed E-state index contributed by atoms with van der Waals surface area (Å²) in [5.74, 6) is 0.897. The quantitative estimate of drug-likeness (QED) is 0.567. The van der Waals surface area contributed by atoms with Crippen molar-refractivity contribution in [3.05, 3.63) is 42.5 Å². The van der Waals surface area contributed by atoms with Crippen LogP contribution in [0.2, 0.25) is 0 Å². The maximum atomic E-state index is 5.11. The van der Waals surface area contributed by atoms with Crippen LogP contribution < -0.4 is 4.74 Å². The van der Waals surface area contributed by atoms with Gasteiger partial charge in [-0.05, 0) is 12.1 Å². The van der Waals surface area contributed by atoms with E-state index in [4.69, 9.17) is 4.74 Å². The van der Waals surface area contributed by atoms with Crippen LogP contribution in [0.15, 0.2) is 36.4 Å². The minimum atomic E-state index is 0. The fourth-order valence-electron chi connectivity index (χ4n) is 1.23. The van der Waals surface area contributed by atoms with E-state index in [0.717, 1.165) is 5.75 Å². The molecule has 0 spiro atoms. The molecule has 0 atom stereocenters. The molecule has 0 saturated heterocycles. The van der Waals surface area contributed by atoms with E-state index in [9.17, 15) is 0 Å². The van der Waals surface area contributed by atoms with E-state index in [2.05, 4.69) is 6.07 Å². The van der Waals surface area contributed by atoms with Crippen molar-refractivity contribution in [2.75, 3.05) is 7.11 Å². The molecular weight excluding hydrogens is 340 g/mol. The molecule has 0 radical (unpaired) electrons. The molecule has 14 heavy (non-hydrogen) atoms. The maximum absolute atomic E-state index is 5.11. The van der Waals surface area contributed by atoms with E-state index in [0.29, 0.717) is 0 Å². The second-order valence-corrected chi connectivity index (χ2v) is 2.64. The summed E-state index contributed by atoms with van der Waals surface area (Å²) < 4.78 is 5.11. The standard InChI is InChI=1S/C11H9O.BrH.Cd/c1-12-11-7-6-9-4-2-3-5-10(9)8-11;;/h3-8H,1H3;1H;/q-1;;. The number of fused-ring (bicyclic) bond motifs is 1. The summed E-state index contributed by atoms with van der Waals surface area (Å²) in [5.41, 5.74) is 0. The number of methoxy groups -OCH3 is 1. The van der Waals surface area contributed by atoms with Crippen LogP contribution in [0.5, 0.6) is 5.75 Å². The molecule has 3 heteroatoms. The molecule has 2 aromatic carbocycles. The van der Waals surface area contributed by atoms with Crippen LogP contribution in [0.4, 0.5) is 0 Å². The molecule has 1 nitrogen and oxygen atoms in total. The molecule has 0 aromatic heterocycles. The van der Waals surface area contributed by atoms with Gasteiger partial charge in [-0.25, -0.2) is 0 Å². The summed E-state index contributed by atoms with van der Waals surface area (Å²) in [5, 5.41) is 2.38. The van der Waals surface area contributed by atoms with Gasteiger partial charge in [0.1, 0.15) is 5.75 Å². The first-order chi connectivity index (χ1) is 5.90. The van der Waals surface area contributed by atoms with Gasteiger partial charge in [0.15, 0.2) is 0 Å². The van der Waals surface area contributed by atoms with Gasteiger partial charge >= 0.3 is 0 Å². The van der Waals surface area contributed by atoms with Crippen LogP contribution >= 0.6 is 17.0 Å². The monoisotopic (exact) mass is 351 g/mol. The summed E-state index contributed by atoms with van der Waals surface area (Å²) in [7, 11) is 1.68. The summed E-state index contributed by atoms with van der Waals surface area (Å²) >= 11 is 0. The molecule has 0 heterocycles. The van der Waals surface area contributed by atoms with Crippen LogP contribution in [0.1, 0.15) is 0 Å². The Bertz CT molecular complexity index is 403. The predicted octanol–water partition coefficient (Wildman–Crippen LogP) is 3.22. The number of halogens is 1. The molecule has 0 unspecified atom stereocenters. The Hall–Kier alpha value is -0.0979. The van der Waals surface area contributed by atoms with E-state index < -0.39 is 0 Å². The fraction of sp³-hybridized carbons (Fsp3) is 0.0909. The first-order valence-electron chi connectivity index (χ1n) is 3.84. The average molecular weight is 351 g/mol. The average Bonchev–Trinajstić information content (AvgIpc) is 2.17. The second kappa shape index (κ2) is 6.40. The molecule has 0 bridgehead atoms. The van der Waals surface area contributed by atoms with Crippen molar-refractivity contribution < 1.29 is 32.0 Å². The topological polar surface area (TPSA) is 9.23 Å². The van der Waals surface area contributed by atoms with Crippen molar-refractivity contribution >= 4 is 27.8 Å². The van der Waals surface area contributed by atoms with E-state index >= 15 is 0 Å². The summed E-state index contributed by atoms with van der Waals surface area (Å²) in [6, 6.07) is 14.9. The van der Waals surface area contributed by atoms with Crippen molar-refractivity contribution in [3.63, 3.8) is 0 Å². The minimum absolute atomic E-state index is 0. The Kier molecular flexibility index (Phi) is 6.35. The van der Waals surface area contributed by atoms with Gasteiger partial charge in [-0.15, -0.1) is 33.8 Å². The number of hydrogen-bond acceptors (Lipinski definition) is 1. The molecular formula is C11H10BrCdO-. The smallest absolute Gasteiger partial charge is 0.116 e. The first-order valence-corrected chi connectivity index (χ1v) is 3.84. The predicted molar refractivity (Wildman–Crippen MR) is 59.7 cm³/mol. The largest absolute Gasteiger partial charge is 0.497 e. The molecule has 2 aromatic rings. The van der Waals surface area contributed by atoms with Crippen molar-refractivity contribution in [1.82, 2.24) is 0 Å². The molecule has 0 fully saturated rings. The Labute approximate surface area is 114 Å². The van der Waals surface area contributed by atoms with Gasteiger partial charge in [0.25, 0.3) is 0 Å². The third kappa shape index (κ3) is 2.95. The molecule has 0 amide bonds. The SMILES string of the molecule is Br.COc1ccc2c[c-]ccc2c1.[Cd]. The van der Waals surface area contributed by atoms with Crippen LogP contribution in [0.3, 0.4) is 0 Å². The molecule has 0 aliphatic carbocycles. The van der Waals surface area contributed by atoms with E-state index in [-0.39, 0.29) is 44.3 Å². The van der Waals surface area contributed by atoms with Gasteiger partial charge in [-0.1, -0.05) is 0 Å². The Morgan fingerprint density at radius 3 is 2.64 bits per heavy atom.